The van der Waals surface area contributed by atoms with Gasteiger partial charge in [0.25, 0.3) is 10.0 Å². The summed E-state index contributed by atoms with van der Waals surface area (Å²) in [4.78, 5) is 22.5. The molecule has 1 aromatic heterocycles. The number of amides is 1. The molecule has 1 atom stereocenters. The molecule has 0 fully saturated rings. The first-order valence-electron chi connectivity index (χ1n) is 7.72. The van der Waals surface area contributed by atoms with Gasteiger partial charge in [-0.15, -0.1) is 0 Å². The van der Waals surface area contributed by atoms with Gasteiger partial charge in [0.1, 0.15) is 6.10 Å². The fourth-order valence-electron chi connectivity index (χ4n) is 2.76. The molecule has 3 aromatic rings. The highest BCUT2D eigenvalue weighted by Gasteiger charge is 2.23. The van der Waals surface area contributed by atoms with Gasteiger partial charge in [-0.2, -0.15) is 0 Å². The van der Waals surface area contributed by atoms with Crippen LogP contribution in [0.5, 0.6) is 0 Å². The summed E-state index contributed by atoms with van der Waals surface area (Å²) in [6, 6.07) is 14.2. The van der Waals surface area contributed by atoms with Gasteiger partial charge < -0.3 is 10.5 Å². The lowest BCUT2D eigenvalue weighted by Gasteiger charge is -2.13. The Balaban J connectivity index is 2.23. The second-order valence-corrected chi connectivity index (χ2v) is 7.45. The molecule has 2 N–H and O–H groups in total. The standard InChI is InChI=1S/C18H16N2O5S/c1-12(25-18(19)22)13-7-8-14-9-15(11-21)20(17(14)10-13)26(23,24)16-5-3-2-4-6-16/h2-12H,1H3,(H2,19,22). The normalized spacial score (nSPS) is 12.7. The lowest BCUT2D eigenvalue weighted by molar-refractivity contribution is 0.111. The van der Waals surface area contributed by atoms with E-state index >= 15 is 0 Å². The van der Waals surface area contributed by atoms with E-state index in [1.54, 1.807) is 43.3 Å². The smallest absolute Gasteiger partial charge is 0.405 e. The Bertz CT molecular complexity index is 1090. The van der Waals surface area contributed by atoms with Gasteiger partial charge in [-0.3, -0.25) is 4.79 Å². The van der Waals surface area contributed by atoms with E-state index in [2.05, 4.69) is 0 Å². The molecule has 26 heavy (non-hydrogen) atoms. The number of primary amides is 1. The number of benzene rings is 2. The lowest BCUT2D eigenvalue weighted by atomic mass is 10.1. The first kappa shape index (κ1) is 17.7. The van der Waals surface area contributed by atoms with Crippen molar-refractivity contribution >= 4 is 33.3 Å². The predicted octanol–water partition coefficient (Wildman–Crippen LogP) is 2.85. The topological polar surface area (TPSA) is 108 Å². The summed E-state index contributed by atoms with van der Waals surface area (Å²) in [5, 5.41) is 0.571. The van der Waals surface area contributed by atoms with Crippen LogP contribution in [0.1, 0.15) is 29.1 Å². The monoisotopic (exact) mass is 372 g/mol. The van der Waals surface area contributed by atoms with Gasteiger partial charge in [-0.25, -0.2) is 17.2 Å². The quantitative estimate of drug-likeness (QED) is 0.693. The second-order valence-electron chi connectivity index (χ2n) is 5.67. The van der Waals surface area contributed by atoms with Gasteiger partial charge >= 0.3 is 6.09 Å². The molecule has 7 nitrogen and oxygen atoms in total. The number of aromatic nitrogens is 1. The predicted molar refractivity (Wildman–Crippen MR) is 95.4 cm³/mol. The largest absolute Gasteiger partial charge is 0.442 e. The summed E-state index contributed by atoms with van der Waals surface area (Å²) >= 11 is 0. The number of nitrogens with two attached hydrogens (primary N) is 1. The molecule has 0 saturated heterocycles. The van der Waals surface area contributed by atoms with Crippen molar-refractivity contribution in [1.29, 1.82) is 0 Å². The molecule has 134 valence electrons. The molecule has 0 aliphatic carbocycles. The van der Waals surface area contributed by atoms with Gasteiger partial charge in [-0.05, 0) is 36.8 Å². The zero-order valence-corrected chi connectivity index (χ0v) is 14.6. The van der Waals surface area contributed by atoms with Crippen LogP contribution >= 0.6 is 0 Å². The highest BCUT2D eigenvalue weighted by molar-refractivity contribution is 7.90. The maximum atomic E-state index is 13.0. The number of nitrogens with zero attached hydrogens (tertiary/aromatic N) is 1. The van der Waals surface area contributed by atoms with Crippen molar-refractivity contribution in [3.8, 4) is 0 Å². The van der Waals surface area contributed by atoms with Crippen LogP contribution in [0.3, 0.4) is 0 Å². The molecular weight excluding hydrogens is 356 g/mol. The van der Waals surface area contributed by atoms with Crippen molar-refractivity contribution in [1.82, 2.24) is 3.97 Å². The number of aldehydes is 1. The van der Waals surface area contributed by atoms with E-state index < -0.39 is 22.2 Å². The minimum Gasteiger partial charge on any atom is -0.442 e. The van der Waals surface area contributed by atoms with Crippen molar-refractivity contribution in [3.05, 3.63) is 65.9 Å². The number of hydrogen-bond donors (Lipinski definition) is 1. The number of hydrogen-bond acceptors (Lipinski definition) is 5. The molecule has 0 bridgehead atoms. The van der Waals surface area contributed by atoms with E-state index in [0.717, 1.165) is 3.97 Å². The molecule has 8 heteroatoms. The minimum atomic E-state index is -3.98. The number of carbonyl (C=O) groups is 2. The molecule has 1 unspecified atom stereocenters. The van der Waals surface area contributed by atoms with E-state index in [9.17, 15) is 18.0 Å². The first-order valence-corrected chi connectivity index (χ1v) is 9.16. The Morgan fingerprint density at radius 1 is 1.15 bits per heavy atom. The number of carbonyl (C=O) groups excluding carboxylic acids is 2. The molecule has 1 amide bonds. The zero-order valence-electron chi connectivity index (χ0n) is 13.8. The summed E-state index contributed by atoms with van der Waals surface area (Å²) in [7, 11) is -3.98. The van der Waals surface area contributed by atoms with Crippen LogP contribution < -0.4 is 5.73 Å². The van der Waals surface area contributed by atoms with E-state index in [1.165, 1.54) is 18.2 Å². The van der Waals surface area contributed by atoms with Crippen LogP contribution in [0.2, 0.25) is 0 Å². The molecule has 0 aliphatic heterocycles. The number of fused-ring (bicyclic) bond motifs is 1. The Kier molecular flexibility index (Phi) is 4.52. The summed E-state index contributed by atoms with van der Waals surface area (Å²) in [6.45, 7) is 1.62. The molecule has 1 heterocycles. The lowest BCUT2D eigenvalue weighted by Crippen LogP contribution is -2.16. The van der Waals surface area contributed by atoms with Crippen molar-refractivity contribution in [2.75, 3.05) is 0 Å². The Morgan fingerprint density at radius 2 is 1.85 bits per heavy atom. The number of ether oxygens (including phenoxy) is 1. The van der Waals surface area contributed by atoms with Crippen molar-refractivity contribution in [2.24, 2.45) is 5.73 Å². The third-order valence-electron chi connectivity index (χ3n) is 3.98. The SMILES string of the molecule is CC(OC(N)=O)c1ccc2cc(C=O)n(S(=O)(=O)c3ccccc3)c2c1. The van der Waals surface area contributed by atoms with Crippen LogP contribution in [0.15, 0.2) is 59.5 Å². The molecule has 0 spiro atoms. The van der Waals surface area contributed by atoms with Gasteiger partial charge in [0, 0.05) is 5.39 Å². The third-order valence-corrected chi connectivity index (χ3v) is 5.73. The fourth-order valence-corrected chi connectivity index (χ4v) is 4.26. The van der Waals surface area contributed by atoms with E-state index in [1.807, 2.05) is 0 Å². The maximum Gasteiger partial charge on any atom is 0.405 e. The highest BCUT2D eigenvalue weighted by atomic mass is 32.2. The van der Waals surface area contributed by atoms with Crippen LogP contribution in [-0.4, -0.2) is 24.8 Å². The summed E-state index contributed by atoms with van der Waals surface area (Å²) in [6.07, 6.45) is -1.11. The van der Waals surface area contributed by atoms with E-state index in [4.69, 9.17) is 10.5 Å². The van der Waals surface area contributed by atoms with E-state index in [-0.39, 0.29) is 10.6 Å². The molecule has 0 saturated carbocycles. The molecule has 2 aromatic carbocycles. The second kappa shape index (κ2) is 6.64. The highest BCUT2D eigenvalue weighted by Crippen LogP contribution is 2.28. The number of rotatable bonds is 5. The van der Waals surface area contributed by atoms with Crippen LogP contribution in [-0.2, 0) is 14.8 Å². The van der Waals surface area contributed by atoms with E-state index in [0.29, 0.717) is 22.8 Å². The van der Waals surface area contributed by atoms with Crippen molar-refractivity contribution in [3.63, 3.8) is 0 Å². The van der Waals surface area contributed by atoms with Crippen LogP contribution in [0, 0.1) is 0 Å². The van der Waals surface area contributed by atoms with Gasteiger partial charge in [-0.1, -0.05) is 30.3 Å². The van der Waals surface area contributed by atoms with Crippen LogP contribution in [0.25, 0.3) is 10.9 Å². The molecule has 0 aliphatic rings. The van der Waals surface area contributed by atoms with Gasteiger partial charge in [0.15, 0.2) is 6.29 Å². The van der Waals surface area contributed by atoms with Gasteiger partial charge in [0.2, 0.25) is 0 Å². The molecule has 0 radical (unpaired) electrons. The molecular formula is C18H16N2O5S. The van der Waals surface area contributed by atoms with Crippen molar-refractivity contribution < 1.29 is 22.7 Å². The van der Waals surface area contributed by atoms with Crippen molar-refractivity contribution in [2.45, 2.75) is 17.9 Å². The van der Waals surface area contributed by atoms with Crippen LogP contribution in [0.4, 0.5) is 4.79 Å². The Morgan fingerprint density at radius 3 is 2.46 bits per heavy atom. The fraction of sp³-hybridized carbons (Fsp3) is 0.111. The third kappa shape index (κ3) is 3.06. The maximum absolute atomic E-state index is 13.0. The zero-order chi connectivity index (χ0) is 18.9. The minimum absolute atomic E-state index is 0.00414. The summed E-state index contributed by atoms with van der Waals surface area (Å²) < 4.78 is 32.0. The Labute approximate surface area is 150 Å². The molecule has 3 rings (SSSR count). The average molecular weight is 372 g/mol. The van der Waals surface area contributed by atoms with Gasteiger partial charge in [0.05, 0.1) is 16.1 Å². The summed E-state index contributed by atoms with van der Waals surface area (Å²) in [5.74, 6) is 0. The Hall–Kier alpha value is -3.13. The average Bonchev–Trinajstić information content (AvgIpc) is 3.00. The first-order chi connectivity index (χ1) is 12.3. The summed E-state index contributed by atoms with van der Waals surface area (Å²) in [5.41, 5.74) is 5.91.